The van der Waals surface area contributed by atoms with Crippen molar-refractivity contribution in [3.63, 3.8) is 0 Å². The number of nitrogens with one attached hydrogen (secondary N) is 2. The molecule has 7 rings (SSSR count). The lowest BCUT2D eigenvalue weighted by atomic mass is 9.77. The molecule has 2 fully saturated rings. The Morgan fingerprint density at radius 2 is 1.44 bits per heavy atom. The predicted octanol–water partition coefficient (Wildman–Crippen LogP) is 0.720. The van der Waals surface area contributed by atoms with Gasteiger partial charge in [0, 0.05) is 42.6 Å². The van der Waals surface area contributed by atoms with Crippen molar-refractivity contribution in [2.24, 2.45) is 0 Å². The quantitative estimate of drug-likeness (QED) is 0.158. The number of benzene rings is 3. The van der Waals surface area contributed by atoms with E-state index in [2.05, 4.69) is 10.6 Å². The highest BCUT2D eigenvalue weighted by molar-refractivity contribution is 6.62. The molecule has 4 N–H and O–H groups in total. The molecular formula is C40H44B2N4O11. The van der Waals surface area contributed by atoms with Crippen LogP contribution in [0.2, 0.25) is 0 Å². The maximum atomic E-state index is 14.3. The van der Waals surface area contributed by atoms with Gasteiger partial charge in [0.05, 0.1) is 17.6 Å². The van der Waals surface area contributed by atoms with Crippen molar-refractivity contribution < 1.29 is 53.0 Å². The van der Waals surface area contributed by atoms with Crippen molar-refractivity contribution in [3.05, 3.63) is 94.5 Å². The maximum absolute atomic E-state index is 14.3. The van der Waals surface area contributed by atoms with Crippen molar-refractivity contribution in [1.29, 1.82) is 0 Å². The summed E-state index contributed by atoms with van der Waals surface area (Å²) in [4.78, 5) is 86.1. The molecule has 0 radical (unpaired) electrons. The van der Waals surface area contributed by atoms with E-state index in [1.165, 1.54) is 11.0 Å². The molecule has 4 heterocycles. The monoisotopic (exact) mass is 778 g/mol. The van der Waals surface area contributed by atoms with Gasteiger partial charge in [0.1, 0.15) is 6.04 Å². The van der Waals surface area contributed by atoms with E-state index in [0.29, 0.717) is 28.0 Å². The first-order valence-corrected chi connectivity index (χ1v) is 19.0. The van der Waals surface area contributed by atoms with E-state index in [1.807, 2.05) is 44.2 Å². The topological polar surface area (TPSA) is 201 Å². The van der Waals surface area contributed by atoms with Crippen molar-refractivity contribution in [3.8, 4) is 0 Å². The van der Waals surface area contributed by atoms with Gasteiger partial charge in [0.15, 0.2) is 0 Å². The summed E-state index contributed by atoms with van der Waals surface area (Å²) in [5, 5.41) is 27.5. The predicted molar refractivity (Wildman–Crippen MR) is 206 cm³/mol. The zero-order valence-corrected chi connectivity index (χ0v) is 32.2. The average Bonchev–Trinajstić information content (AvgIpc) is 3.87. The van der Waals surface area contributed by atoms with Crippen LogP contribution in [0.25, 0.3) is 0 Å². The number of carbonyl (C=O) groups excluding carboxylic acids is 6. The number of imide groups is 1. The molecule has 2 saturated heterocycles. The Kier molecular flexibility index (Phi) is 10.9. The van der Waals surface area contributed by atoms with Gasteiger partial charge in [-0.05, 0) is 98.8 Å². The van der Waals surface area contributed by atoms with Crippen LogP contribution in [-0.4, -0.2) is 94.4 Å². The van der Waals surface area contributed by atoms with E-state index < -0.39 is 79.1 Å². The first kappa shape index (κ1) is 39.9. The van der Waals surface area contributed by atoms with Crippen LogP contribution in [0.5, 0.6) is 0 Å². The third kappa shape index (κ3) is 8.24. The third-order valence-corrected chi connectivity index (χ3v) is 11.0. The van der Waals surface area contributed by atoms with Crippen LogP contribution in [0.15, 0.2) is 66.7 Å². The summed E-state index contributed by atoms with van der Waals surface area (Å²) in [6, 6.07) is 16.5. The largest absolute Gasteiger partial charge is 0.492 e. The van der Waals surface area contributed by atoms with Crippen LogP contribution in [0.4, 0.5) is 0 Å². The number of hydrogen-bond acceptors (Lipinski definition) is 11. The maximum Gasteiger partial charge on any atom is 0.492 e. The third-order valence-electron chi connectivity index (χ3n) is 11.0. The molecule has 0 saturated carbocycles. The van der Waals surface area contributed by atoms with Crippen LogP contribution < -0.4 is 21.6 Å². The highest BCUT2D eigenvalue weighted by Gasteiger charge is 2.45. The lowest BCUT2D eigenvalue weighted by molar-refractivity contribution is -0.197. The van der Waals surface area contributed by atoms with E-state index in [4.69, 9.17) is 14.1 Å². The van der Waals surface area contributed by atoms with Gasteiger partial charge >= 0.3 is 20.2 Å². The molecule has 5 amide bonds. The minimum Gasteiger partial charge on any atom is -0.423 e. The average molecular weight is 778 g/mol. The zero-order valence-electron chi connectivity index (χ0n) is 32.2. The Balaban J connectivity index is 1.13. The summed E-state index contributed by atoms with van der Waals surface area (Å²) in [6.45, 7) is 7.19. The Morgan fingerprint density at radius 3 is 2.05 bits per heavy atom. The molecule has 57 heavy (non-hydrogen) atoms. The molecule has 4 aliphatic rings. The fraction of sp³-hybridized carbons (Fsp3) is 0.400. The normalized spacial score (nSPS) is 21.0. The SMILES string of the molecule is CC1(C)OB(O)c2cc(C(=O)N[C@H]3C[C@H](C(=O)N[C@H](CCc4ccccc4)CC(=O)ON4C(=O)CCC4=O)N(C(=O)c4ccc5c(c4)B(O)OC5(C)C)C3)ccc21. The first-order chi connectivity index (χ1) is 27.0. The fourth-order valence-electron chi connectivity index (χ4n) is 8.07. The molecule has 0 spiro atoms. The van der Waals surface area contributed by atoms with Crippen molar-refractivity contribution in [2.75, 3.05) is 6.54 Å². The molecular weight excluding hydrogens is 734 g/mol. The van der Waals surface area contributed by atoms with Crippen LogP contribution in [0.3, 0.4) is 0 Å². The van der Waals surface area contributed by atoms with E-state index in [0.717, 1.165) is 11.1 Å². The second kappa shape index (κ2) is 15.5. The Hall–Kier alpha value is -5.35. The van der Waals surface area contributed by atoms with E-state index in [-0.39, 0.29) is 49.8 Å². The molecule has 17 heteroatoms. The van der Waals surface area contributed by atoms with Gasteiger partial charge in [0.25, 0.3) is 23.6 Å². The number of fused-ring (bicyclic) bond motifs is 2. The molecule has 296 valence electrons. The second-order valence-electron chi connectivity index (χ2n) is 15.9. The fourth-order valence-corrected chi connectivity index (χ4v) is 8.07. The van der Waals surface area contributed by atoms with Gasteiger partial charge in [-0.15, -0.1) is 5.06 Å². The molecule has 0 aromatic heterocycles. The summed E-state index contributed by atoms with van der Waals surface area (Å²) in [6.07, 6.45) is 0.233. The number of aryl methyl sites for hydroxylation is 1. The first-order valence-electron chi connectivity index (χ1n) is 19.0. The van der Waals surface area contributed by atoms with E-state index in [9.17, 15) is 38.8 Å². The number of likely N-dealkylation sites (tertiary alicyclic amines) is 1. The molecule has 3 aromatic carbocycles. The standard InChI is InChI=1S/C40H44B2N4O11/c1-39(2)28-14-11-24(18-30(28)41(53)56-39)36(50)44-27-20-32(45(22-27)38(52)25-12-15-29-31(19-25)42(54)57-40(29,3)4)37(51)43-26(13-10-23-8-6-5-7-9-23)21-35(49)55-46-33(47)16-17-34(46)48/h5-9,11-12,14-15,18-19,26-27,32,53-54H,10,13,16-17,20-22H2,1-4H3,(H,43,51)(H,44,50)/t26-,27+,32-/m1/s1. The van der Waals surface area contributed by atoms with Gasteiger partial charge in [-0.1, -0.05) is 42.5 Å². The summed E-state index contributed by atoms with van der Waals surface area (Å²) >= 11 is 0. The summed E-state index contributed by atoms with van der Waals surface area (Å²) in [5.74, 6) is -3.76. The van der Waals surface area contributed by atoms with Crippen LogP contribution in [-0.2, 0) is 50.9 Å². The van der Waals surface area contributed by atoms with Crippen LogP contribution in [0.1, 0.15) is 97.2 Å². The number of nitrogens with zero attached hydrogens (tertiary/aromatic N) is 2. The highest BCUT2D eigenvalue weighted by Crippen LogP contribution is 2.32. The number of rotatable bonds is 11. The lowest BCUT2D eigenvalue weighted by Gasteiger charge is -2.27. The van der Waals surface area contributed by atoms with Gasteiger partial charge in [-0.25, -0.2) is 4.79 Å². The Labute approximate surface area is 330 Å². The summed E-state index contributed by atoms with van der Waals surface area (Å²) in [7, 11) is -2.47. The Morgan fingerprint density at radius 1 is 0.860 bits per heavy atom. The van der Waals surface area contributed by atoms with Gasteiger partial charge in [-0.2, -0.15) is 0 Å². The minimum atomic E-state index is -1.26. The van der Waals surface area contributed by atoms with Gasteiger partial charge in [0.2, 0.25) is 5.91 Å². The number of hydrogen-bond donors (Lipinski definition) is 4. The summed E-state index contributed by atoms with van der Waals surface area (Å²) < 4.78 is 11.3. The molecule has 0 unspecified atom stereocenters. The van der Waals surface area contributed by atoms with Crippen LogP contribution >= 0.6 is 0 Å². The smallest absolute Gasteiger partial charge is 0.423 e. The second-order valence-corrected chi connectivity index (χ2v) is 15.9. The lowest BCUT2D eigenvalue weighted by Crippen LogP contribution is -2.49. The van der Waals surface area contributed by atoms with Crippen molar-refractivity contribution in [2.45, 2.75) is 95.5 Å². The van der Waals surface area contributed by atoms with Gasteiger partial charge < -0.3 is 39.7 Å². The highest BCUT2D eigenvalue weighted by atomic mass is 16.7. The molecule has 0 bridgehead atoms. The number of amides is 5. The molecule has 3 atom stereocenters. The van der Waals surface area contributed by atoms with E-state index >= 15 is 0 Å². The molecule has 15 nitrogen and oxygen atoms in total. The van der Waals surface area contributed by atoms with Crippen molar-refractivity contribution >= 4 is 60.7 Å². The number of hydroxylamine groups is 2. The van der Waals surface area contributed by atoms with Crippen LogP contribution in [0, 0.1) is 0 Å². The number of carbonyl (C=O) groups is 6. The zero-order chi connectivity index (χ0) is 40.8. The molecule has 3 aromatic rings. The van der Waals surface area contributed by atoms with Crippen molar-refractivity contribution in [1.82, 2.24) is 20.6 Å². The van der Waals surface area contributed by atoms with Gasteiger partial charge in [-0.3, -0.25) is 24.0 Å². The molecule has 0 aliphatic carbocycles. The Bertz CT molecular complexity index is 2110. The summed E-state index contributed by atoms with van der Waals surface area (Å²) in [5.41, 5.74) is 2.21. The molecule has 4 aliphatic heterocycles. The minimum absolute atomic E-state index is 0.0172. The van der Waals surface area contributed by atoms with E-state index in [1.54, 1.807) is 44.2 Å².